The fourth-order valence-corrected chi connectivity index (χ4v) is 3.88. The lowest BCUT2D eigenvalue weighted by atomic mass is 9.68. The molecular formula is C18H25NO3. The van der Waals surface area contributed by atoms with E-state index < -0.39 is 11.4 Å². The first-order valence-corrected chi connectivity index (χ1v) is 8.34. The van der Waals surface area contributed by atoms with Crippen LogP contribution >= 0.6 is 0 Å². The predicted octanol–water partition coefficient (Wildman–Crippen LogP) is 2.81. The van der Waals surface area contributed by atoms with Crippen LogP contribution in [0.4, 0.5) is 0 Å². The van der Waals surface area contributed by atoms with Gasteiger partial charge in [-0.1, -0.05) is 43.5 Å². The number of carbonyl (C=O) groups is 1. The molecule has 22 heavy (non-hydrogen) atoms. The highest BCUT2D eigenvalue weighted by molar-refractivity contribution is 5.82. The third-order valence-electron chi connectivity index (χ3n) is 5.15. The van der Waals surface area contributed by atoms with Crippen LogP contribution in [0.5, 0.6) is 0 Å². The van der Waals surface area contributed by atoms with Crippen molar-refractivity contribution in [2.24, 2.45) is 0 Å². The molecule has 1 aliphatic heterocycles. The van der Waals surface area contributed by atoms with Crippen molar-refractivity contribution in [1.82, 2.24) is 4.90 Å². The SMILES string of the molecule is O=C(O)C1(c2ccccc2CN2CCOCC2)CCCCC1. The number of ether oxygens (including phenoxy) is 1. The highest BCUT2D eigenvalue weighted by Crippen LogP contribution is 2.41. The molecule has 1 aliphatic carbocycles. The summed E-state index contributed by atoms with van der Waals surface area (Å²) in [5, 5.41) is 9.94. The van der Waals surface area contributed by atoms with Gasteiger partial charge in [-0.3, -0.25) is 9.69 Å². The Hall–Kier alpha value is -1.39. The van der Waals surface area contributed by atoms with Crippen LogP contribution in [0.1, 0.15) is 43.2 Å². The molecule has 0 atom stereocenters. The van der Waals surface area contributed by atoms with Gasteiger partial charge in [0, 0.05) is 19.6 Å². The van der Waals surface area contributed by atoms with Crippen LogP contribution in [0.2, 0.25) is 0 Å². The smallest absolute Gasteiger partial charge is 0.314 e. The number of aliphatic carboxylic acids is 1. The Labute approximate surface area is 132 Å². The van der Waals surface area contributed by atoms with Crippen molar-refractivity contribution < 1.29 is 14.6 Å². The summed E-state index contributed by atoms with van der Waals surface area (Å²) in [7, 11) is 0. The van der Waals surface area contributed by atoms with E-state index in [9.17, 15) is 9.90 Å². The number of rotatable bonds is 4. The van der Waals surface area contributed by atoms with Gasteiger partial charge in [0.15, 0.2) is 0 Å². The third kappa shape index (κ3) is 3.03. The molecule has 2 fully saturated rings. The Morgan fingerprint density at radius 2 is 1.82 bits per heavy atom. The first-order chi connectivity index (χ1) is 10.7. The Kier molecular flexibility index (Phi) is 4.79. The van der Waals surface area contributed by atoms with Gasteiger partial charge in [-0.25, -0.2) is 0 Å². The highest BCUT2D eigenvalue weighted by Gasteiger charge is 2.42. The Bertz CT molecular complexity index is 517. The first-order valence-electron chi connectivity index (χ1n) is 8.34. The molecule has 0 aromatic heterocycles. The van der Waals surface area contributed by atoms with E-state index in [1.807, 2.05) is 18.2 Å². The average molecular weight is 303 g/mol. The van der Waals surface area contributed by atoms with E-state index >= 15 is 0 Å². The van der Waals surface area contributed by atoms with Gasteiger partial charge in [-0.2, -0.15) is 0 Å². The van der Waals surface area contributed by atoms with Crippen molar-refractivity contribution >= 4 is 5.97 Å². The summed E-state index contributed by atoms with van der Waals surface area (Å²) in [6.07, 6.45) is 4.71. The molecule has 0 spiro atoms. The molecule has 4 heteroatoms. The maximum Gasteiger partial charge on any atom is 0.314 e. The van der Waals surface area contributed by atoms with Crippen LogP contribution in [0.25, 0.3) is 0 Å². The molecule has 0 amide bonds. The second-order valence-corrected chi connectivity index (χ2v) is 6.49. The summed E-state index contributed by atoms with van der Waals surface area (Å²) in [5.41, 5.74) is 1.53. The quantitative estimate of drug-likeness (QED) is 0.929. The first kappa shape index (κ1) is 15.5. The van der Waals surface area contributed by atoms with Gasteiger partial charge in [-0.15, -0.1) is 0 Å². The van der Waals surface area contributed by atoms with Gasteiger partial charge < -0.3 is 9.84 Å². The summed E-state index contributed by atoms with van der Waals surface area (Å²) in [5.74, 6) is -0.651. The van der Waals surface area contributed by atoms with Gasteiger partial charge in [0.2, 0.25) is 0 Å². The van der Waals surface area contributed by atoms with Crippen molar-refractivity contribution in [3.63, 3.8) is 0 Å². The van der Waals surface area contributed by atoms with Crippen LogP contribution in [-0.2, 0) is 21.5 Å². The fourth-order valence-electron chi connectivity index (χ4n) is 3.88. The van der Waals surface area contributed by atoms with Gasteiger partial charge in [0.05, 0.1) is 18.6 Å². The van der Waals surface area contributed by atoms with Gasteiger partial charge in [0.25, 0.3) is 0 Å². The van der Waals surface area contributed by atoms with E-state index in [4.69, 9.17) is 4.74 Å². The summed E-state index contributed by atoms with van der Waals surface area (Å²) < 4.78 is 5.41. The Balaban J connectivity index is 1.90. The van der Waals surface area contributed by atoms with Crippen LogP contribution < -0.4 is 0 Å². The second kappa shape index (κ2) is 6.80. The van der Waals surface area contributed by atoms with Crippen LogP contribution in [0.15, 0.2) is 24.3 Å². The highest BCUT2D eigenvalue weighted by atomic mass is 16.5. The average Bonchev–Trinajstić information content (AvgIpc) is 2.57. The van der Waals surface area contributed by atoms with E-state index in [0.29, 0.717) is 0 Å². The number of carboxylic acids is 1. The fraction of sp³-hybridized carbons (Fsp3) is 0.611. The molecule has 0 unspecified atom stereocenters. The molecule has 1 N–H and O–H groups in total. The van der Waals surface area contributed by atoms with E-state index in [1.54, 1.807) is 0 Å². The number of benzene rings is 1. The molecule has 120 valence electrons. The number of carboxylic acid groups (broad SMARTS) is 1. The van der Waals surface area contributed by atoms with Crippen molar-refractivity contribution in [1.29, 1.82) is 0 Å². The number of morpholine rings is 1. The van der Waals surface area contributed by atoms with Gasteiger partial charge in [-0.05, 0) is 24.0 Å². The van der Waals surface area contributed by atoms with Crippen molar-refractivity contribution in [2.45, 2.75) is 44.1 Å². The van der Waals surface area contributed by atoms with E-state index in [0.717, 1.165) is 70.5 Å². The van der Waals surface area contributed by atoms with Crippen LogP contribution in [-0.4, -0.2) is 42.3 Å². The molecule has 0 bridgehead atoms. The lowest BCUT2D eigenvalue weighted by Crippen LogP contribution is -2.40. The zero-order valence-corrected chi connectivity index (χ0v) is 13.1. The molecule has 1 aromatic rings. The van der Waals surface area contributed by atoms with Gasteiger partial charge in [0.1, 0.15) is 0 Å². The van der Waals surface area contributed by atoms with Crippen LogP contribution in [0.3, 0.4) is 0 Å². The monoisotopic (exact) mass is 303 g/mol. The lowest BCUT2D eigenvalue weighted by Gasteiger charge is -2.36. The third-order valence-corrected chi connectivity index (χ3v) is 5.15. The number of hydrogen-bond acceptors (Lipinski definition) is 3. The molecular weight excluding hydrogens is 278 g/mol. The molecule has 2 aliphatic rings. The molecule has 1 heterocycles. The number of nitrogens with zero attached hydrogens (tertiary/aromatic N) is 1. The minimum Gasteiger partial charge on any atom is -0.481 e. The summed E-state index contributed by atoms with van der Waals surface area (Å²) in [6, 6.07) is 8.15. The van der Waals surface area contributed by atoms with E-state index in [1.165, 1.54) is 5.56 Å². The van der Waals surface area contributed by atoms with Crippen molar-refractivity contribution in [3.8, 4) is 0 Å². The van der Waals surface area contributed by atoms with Crippen molar-refractivity contribution in [3.05, 3.63) is 35.4 Å². The molecule has 1 saturated carbocycles. The Morgan fingerprint density at radius 1 is 1.14 bits per heavy atom. The topological polar surface area (TPSA) is 49.8 Å². The minimum absolute atomic E-state index is 0.651. The van der Waals surface area contributed by atoms with Crippen molar-refractivity contribution in [2.75, 3.05) is 26.3 Å². The molecule has 0 radical (unpaired) electrons. The standard InChI is InChI=1S/C18H25NO3/c20-17(21)18(8-4-1-5-9-18)16-7-3-2-6-15(16)14-19-10-12-22-13-11-19/h2-3,6-7H,1,4-5,8-14H2,(H,20,21). The number of hydrogen-bond donors (Lipinski definition) is 1. The molecule has 1 aromatic carbocycles. The Morgan fingerprint density at radius 3 is 2.50 bits per heavy atom. The van der Waals surface area contributed by atoms with Gasteiger partial charge >= 0.3 is 5.97 Å². The van der Waals surface area contributed by atoms with E-state index in [2.05, 4.69) is 11.0 Å². The molecule has 3 rings (SSSR count). The maximum atomic E-state index is 12.1. The lowest BCUT2D eigenvalue weighted by molar-refractivity contribution is -0.145. The molecule has 4 nitrogen and oxygen atoms in total. The zero-order valence-electron chi connectivity index (χ0n) is 13.1. The normalized spacial score (nSPS) is 22.4. The molecule has 1 saturated heterocycles. The second-order valence-electron chi connectivity index (χ2n) is 6.49. The van der Waals surface area contributed by atoms with Crippen LogP contribution in [0, 0.1) is 0 Å². The van der Waals surface area contributed by atoms with E-state index in [-0.39, 0.29) is 0 Å². The summed E-state index contributed by atoms with van der Waals surface area (Å²) in [4.78, 5) is 14.4. The largest absolute Gasteiger partial charge is 0.481 e. The zero-order chi connectivity index (χ0) is 15.4. The maximum absolute atomic E-state index is 12.1. The summed E-state index contributed by atoms with van der Waals surface area (Å²) in [6.45, 7) is 4.22. The minimum atomic E-state index is -0.679. The summed E-state index contributed by atoms with van der Waals surface area (Å²) >= 11 is 0. The predicted molar refractivity (Wildman–Crippen MR) is 84.9 cm³/mol.